The molecule has 0 atom stereocenters. The highest BCUT2D eigenvalue weighted by Gasteiger charge is 2.12. The molecule has 0 unspecified atom stereocenters. The Balaban J connectivity index is 2.21. The Morgan fingerprint density at radius 3 is 3.00 bits per heavy atom. The summed E-state index contributed by atoms with van der Waals surface area (Å²) in [7, 11) is 0. The third-order valence-electron chi connectivity index (χ3n) is 2.08. The molecule has 1 aromatic carbocycles. The van der Waals surface area contributed by atoms with Crippen molar-refractivity contribution >= 4 is 28.5 Å². The fourth-order valence-electron chi connectivity index (χ4n) is 1.33. The molecule has 0 radical (unpaired) electrons. The molecule has 0 spiro atoms. The summed E-state index contributed by atoms with van der Waals surface area (Å²) in [6.07, 6.45) is 1.70. The number of thiazole rings is 1. The Kier molecular flexibility index (Phi) is 3.65. The summed E-state index contributed by atoms with van der Waals surface area (Å²) >= 11 is 6.27. The van der Waals surface area contributed by atoms with Gasteiger partial charge in [-0.05, 0) is 12.1 Å². The minimum Gasteiger partial charge on any atom is -0.487 e. The molecular weight excluding hydrogens is 259 g/mol. The zero-order valence-corrected chi connectivity index (χ0v) is 10.4. The number of thiocarbonyl (C=S) groups is 1. The molecule has 1 aromatic heterocycles. The minimum atomic E-state index is -0.473. The van der Waals surface area contributed by atoms with Crippen LogP contribution in [0.25, 0.3) is 0 Å². The molecule has 17 heavy (non-hydrogen) atoms. The molecule has 2 N–H and O–H groups in total. The van der Waals surface area contributed by atoms with Gasteiger partial charge in [-0.15, -0.1) is 11.3 Å². The number of halogens is 1. The number of hydrogen-bond acceptors (Lipinski definition) is 4. The number of hydrogen-bond donors (Lipinski definition) is 1. The van der Waals surface area contributed by atoms with Crippen molar-refractivity contribution in [3.8, 4) is 5.75 Å². The van der Waals surface area contributed by atoms with Crippen LogP contribution in [0.2, 0.25) is 0 Å². The molecule has 3 nitrogen and oxygen atoms in total. The monoisotopic (exact) mass is 268 g/mol. The summed E-state index contributed by atoms with van der Waals surface area (Å²) in [6.45, 7) is 0.323. The number of rotatable bonds is 4. The Labute approximate surface area is 107 Å². The first-order valence-electron chi connectivity index (χ1n) is 4.77. The molecule has 2 rings (SSSR count). The molecule has 88 valence electrons. The normalized spacial score (nSPS) is 10.2. The molecule has 0 bridgehead atoms. The Morgan fingerprint density at radius 1 is 1.53 bits per heavy atom. The van der Waals surface area contributed by atoms with E-state index in [-0.39, 0.29) is 10.6 Å². The lowest BCUT2D eigenvalue weighted by molar-refractivity contribution is 0.307. The zero-order valence-electron chi connectivity index (χ0n) is 8.72. The smallest absolute Gasteiger partial charge is 0.137 e. The molecule has 0 fully saturated rings. The van der Waals surface area contributed by atoms with E-state index in [9.17, 15) is 4.39 Å². The van der Waals surface area contributed by atoms with Crippen LogP contribution in [0.3, 0.4) is 0 Å². The summed E-state index contributed by atoms with van der Waals surface area (Å²) in [5.74, 6) is -0.120. The van der Waals surface area contributed by atoms with Crippen molar-refractivity contribution in [1.82, 2.24) is 4.98 Å². The van der Waals surface area contributed by atoms with Crippen LogP contribution in [0.15, 0.2) is 29.9 Å². The molecular formula is C11H9FN2OS2. The fraction of sp³-hybridized carbons (Fsp3) is 0.0909. The molecule has 1 heterocycles. The van der Waals surface area contributed by atoms with Gasteiger partial charge in [0.25, 0.3) is 0 Å². The molecule has 0 amide bonds. The molecule has 0 aliphatic heterocycles. The second-order valence-corrected chi connectivity index (χ2v) is 4.64. The Bertz CT molecular complexity index is 528. The second kappa shape index (κ2) is 5.20. The third-order valence-corrected chi connectivity index (χ3v) is 3.03. The first-order valence-corrected chi connectivity index (χ1v) is 6.05. The van der Waals surface area contributed by atoms with E-state index in [2.05, 4.69) is 4.98 Å². The van der Waals surface area contributed by atoms with Crippen LogP contribution in [0, 0.1) is 5.82 Å². The number of nitrogens with two attached hydrogens (primary N) is 1. The number of aromatic nitrogens is 1. The molecule has 0 aliphatic carbocycles. The van der Waals surface area contributed by atoms with Crippen LogP contribution in [0.5, 0.6) is 5.75 Å². The highest BCUT2D eigenvalue weighted by molar-refractivity contribution is 7.80. The van der Waals surface area contributed by atoms with Crippen LogP contribution in [-0.2, 0) is 6.61 Å². The van der Waals surface area contributed by atoms with Crippen LogP contribution in [0.1, 0.15) is 10.4 Å². The van der Waals surface area contributed by atoms with Crippen molar-refractivity contribution in [2.45, 2.75) is 6.61 Å². The average molecular weight is 268 g/mol. The first kappa shape index (κ1) is 11.9. The molecule has 0 saturated heterocycles. The molecule has 6 heteroatoms. The topological polar surface area (TPSA) is 48.1 Å². The number of benzene rings is 1. The Morgan fingerprint density at radius 2 is 2.35 bits per heavy atom. The summed E-state index contributed by atoms with van der Waals surface area (Å²) in [5, 5.41) is 0. The van der Waals surface area contributed by atoms with E-state index in [1.165, 1.54) is 17.4 Å². The van der Waals surface area contributed by atoms with Gasteiger partial charge in [0.1, 0.15) is 23.2 Å². The van der Waals surface area contributed by atoms with Crippen molar-refractivity contribution in [3.05, 3.63) is 46.2 Å². The predicted molar refractivity (Wildman–Crippen MR) is 68.7 cm³/mol. The van der Waals surface area contributed by atoms with Gasteiger partial charge in [-0.2, -0.15) is 0 Å². The SMILES string of the molecule is NC(=S)c1c(F)cccc1OCc1cncs1. The van der Waals surface area contributed by atoms with E-state index in [0.29, 0.717) is 12.4 Å². The van der Waals surface area contributed by atoms with Crippen LogP contribution in [0.4, 0.5) is 4.39 Å². The van der Waals surface area contributed by atoms with Gasteiger partial charge in [0.05, 0.1) is 16.0 Å². The van der Waals surface area contributed by atoms with Gasteiger partial charge in [0.15, 0.2) is 0 Å². The van der Waals surface area contributed by atoms with Gasteiger partial charge in [0.2, 0.25) is 0 Å². The summed E-state index contributed by atoms with van der Waals surface area (Å²) < 4.78 is 19.0. The van der Waals surface area contributed by atoms with Gasteiger partial charge in [0, 0.05) is 6.20 Å². The van der Waals surface area contributed by atoms with E-state index in [4.69, 9.17) is 22.7 Å². The third kappa shape index (κ3) is 2.78. The summed E-state index contributed by atoms with van der Waals surface area (Å²) in [6, 6.07) is 4.49. The van der Waals surface area contributed by atoms with Crippen LogP contribution < -0.4 is 10.5 Å². The van der Waals surface area contributed by atoms with Crippen molar-refractivity contribution in [2.24, 2.45) is 5.73 Å². The quantitative estimate of drug-likeness (QED) is 0.866. The largest absolute Gasteiger partial charge is 0.487 e. The van der Waals surface area contributed by atoms with Gasteiger partial charge in [-0.1, -0.05) is 18.3 Å². The second-order valence-electron chi connectivity index (χ2n) is 3.23. The minimum absolute atomic E-state index is 0.0117. The van der Waals surface area contributed by atoms with Gasteiger partial charge in [-0.3, -0.25) is 4.98 Å². The van der Waals surface area contributed by atoms with Crippen molar-refractivity contribution < 1.29 is 9.13 Å². The predicted octanol–water partition coefficient (Wildman–Crippen LogP) is 2.50. The average Bonchev–Trinajstić information content (AvgIpc) is 2.78. The van der Waals surface area contributed by atoms with E-state index in [0.717, 1.165) is 4.88 Å². The lowest BCUT2D eigenvalue weighted by Crippen LogP contribution is -2.13. The van der Waals surface area contributed by atoms with Gasteiger partial charge >= 0.3 is 0 Å². The van der Waals surface area contributed by atoms with E-state index in [1.54, 1.807) is 23.8 Å². The highest BCUT2D eigenvalue weighted by Crippen LogP contribution is 2.22. The zero-order chi connectivity index (χ0) is 12.3. The van der Waals surface area contributed by atoms with Crippen molar-refractivity contribution in [1.29, 1.82) is 0 Å². The highest BCUT2D eigenvalue weighted by atomic mass is 32.1. The standard InChI is InChI=1S/C11H9FN2OS2/c12-8-2-1-3-9(10(8)11(13)16)15-5-7-4-14-6-17-7/h1-4,6H,5H2,(H2,13,16). The lowest BCUT2D eigenvalue weighted by atomic mass is 10.2. The molecule has 2 aromatic rings. The van der Waals surface area contributed by atoms with E-state index in [1.807, 2.05) is 0 Å². The molecule has 0 saturated carbocycles. The lowest BCUT2D eigenvalue weighted by Gasteiger charge is -2.10. The first-order chi connectivity index (χ1) is 8.18. The van der Waals surface area contributed by atoms with Crippen molar-refractivity contribution in [3.63, 3.8) is 0 Å². The number of nitrogens with zero attached hydrogens (tertiary/aromatic N) is 1. The maximum absolute atomic E-state index is 13.5. The van der Waals surface area contributed by atoms with E-state index >= 15 is 0 Å². The summed E-state index contributed by atoms with van der Waals surface area (Å²) in [4.78, 5) is 4.86. The Hall–Kier alpha value is -1.53. The van der Waals surface area contributed by atoms with E-state index < -0.39 is 5.82 Å². The summed E-state index contributed by atoms with van der Waals surface area (Å²) in [5.41, 5.74) is 7.32. The van der Waals surface area contributed by atoms with Crippen molar-refractivity contribution in [2.75, 3.05) is 0 Å². The van der Waals surface area contributed by atoms with Gasteiger partial charge in [-0.25, -0.2) is 4.39 Å². The van der Waals surface area contributed by atoms with Crippen LogP contribution in [-0.4, -0.2) is 9.97 Å². The maximum Gasteiger partial charge on any atom is 0.137 e. The van der Waals surface area contributed by atoms with Gasteiger partial charge < -0.3 is 10.5 Å². The number of ether oxygens (including phenoxy) is 1. The molecule has 0 aliphatic rings. The maximum atomic E-state index is 13.5. The fourth-order valence-corrected chi connectivity index (χ4v) is 2.03. The van der Waals surface area contributed by atoms with Crippen LogP contribution >= 0.6 is 23.6 Å².